The molecule has 36 heavy (non-hydrogen) atoms. The highest BCUT2D eigenvalue weighted by atomic mass is 15.2. The summed E-state index contributed by atoms with van der Waals surface area (Å²) < 4.78 is 0. The molecule has 6 saturated carbocycles. The van der Waals surface area contributed by atoms with Crippen molar-refractivity contribution in [1.82, 2.24) is 0 Å². The molecule has 204 valence electrons. The van der Waals surface area contributed by atoms with Gasteiger partial charge in [0.2, 0.25) is 0 Å². The number of rotatable bonds is 0. The van der Waals surface area contributed by atoms with Gasteiger partial charge in [-0.05, 0) is 86.6 Å². The van der Waals surface area contributed by atoms with Crippen molar-refractivity contribution < 1.29 is 0 Å². The van der Waals surface area contributed by atoms with Gasteiger partial charge in [0.15, 0.2) is 0 Å². The van der Waals surface area contributed by atoms with Gasteiger partial charge in [0.25, 0.3) is 0 Å². The summed E-state index contributed by atoms with van der Waals surface area (Å²) in [5, 5.41) is 0. The molecule has 0 saturated heterocycles. The summed E-state index contributed by atoms with van der Waals surface area (Å²) in [6.07, 6.45) is 0. The van der Waals surface area contributed by atoms with Gasteiger partial charge in [-0.1, -0.05) is 138 Å². The van der Waals surface area contributed by atoms with Crippen LogP contribution in [0.1, 0.15) is 138 Å². The second-order valence-electron chi connectivity index (χ2n) is 20.0. The number of hydrogen-bond acceptors (Lipinski definition) is 0. The molecule has 0 radical (unpaired) electrons. The van der Waals surface area contributed by atoms with Crippen molar-refractivity contribution in [2.45, 2.75) is 138 Å². The topological polar surface area (TPSA) is 0 Å². The van der Waals surface area contributed by atoms with E-state index >= 15 is 0 Å². The van der Waals surface area contributed by atoms with E-state index in [0.717, 1.165) is 0 Å². The molecule has 0 aliphatic heterocycles. The molecule has 0 bridgehead atoms. The molecule has 0 heterocycles. The fourth-order valence-electron chi connectivity index (χ4n) is 21.8. The van der Waals surface area contributed by atoms with E-state index in [2.05, 4.69) is 138 Å². The standard InChI is InChI=1S/C36H60/c1-21(2)25(9)26(10)22(3,4)30(14)29(21,13)33(17)34(30,18)36(20)32(16)24(7,8)28(26,12)27(25,11)23(5,6)31(32,15)35(33,36)19/h1-20H3. The summed E-state index contributed by atoms with van der Waals surface area (Å²) in [5.74, 6) is 0. The lowest BCUT2D eigenvalue weighted by molar-refractivity contribution is -0.739. The Kier molecular flexibility index (Phi) is 3.05. The van der Waals surface area contributed by atoms with E-state index in [1.807, 2.05) is 0 Å². The molecule has 0 heteroatoms. The molecule has 0 nitrogen and oxygen atoms in total. The van der Waals surface area contributed by atoms with Crippen LogP contribution in [0, 0.1) is 86.6 Å². The largest absolute Gasteiger partial charge is 0.0588 e. The zero-order valence-electron chi connectivity index (χ0n) is 28.0. The predicted molar refractivity (Wildman–Crippen MR) is 152 cm³/mol. The summed E-state index contributed by atoms with van der Waals surface area (Å²) in [6, 6.07) is 0. The Morgan fingerprint density at radius 2 is 0.222 bits per heavy atom. The summed E-state index contributed by atoms with van der Waals surface area (Å²) >= 11 is 0. The van der Waals surface area contributed by atoms with E-state index < -0.39 is 0 Å². The zero-order valence-corrected chi connectivity index (χ0v) is 28.0. The molecular weight excluding hydrogens is 432 g/mol. The predicted octanol–water partition coefficient (Wildman–Crippen LogP) is 10.3. The monoisotopic (exact) mass is 492 g/mol. The maximum atomic E-state index is 2.82. The van der Waals surface area contributed by atoms with Crippen LogP contribution < -0.4 is 0 Å². The highest BCUT2D eigenvalue weighted by Crippen LogP contribution is 3.22. The summed E-state index contributed by atoms with van der Waals surface area (Å²) in [4.78, 5) is 0. The molecule has 0 N–H and O–H groups in total. The van der Waals surface area contributed by atoms with Crippen molar-refractivity contribution in [3.63, 3.8) is 0 Å². The van der Waals surface area contributed by atoms with Crippen molar-refractivity contribution in [3.8, 4) is 0 Å². The molecule has 4 atom stereocenters. The van der Waals surface area contributed by atoms with Gasteiger partial charge in [-0.15, -0.1) is 0 Å². The van der Waals surface area contributed by atoms with Crippen molar-refractivity contribution >= 4 is 0 Å². The average molecular weight is 493 g/mol. The van der Waals surface area contributed by atoms with Gasteiger partial charge < -0.3 is 0 Å². The molecule has 0 spiro atoms. The van der Waals surface area contributed by atoms with Gasteiger partial charge in [0, 0.05) is 0 Å². The minimum atomic E-state index is 0.212. The Labute approximate surface area is 224 Å². The molecular formula is C36H60. The minimum absolute atomic E-state index is 0.212. The molecule has 0 aromatic rings. The first-order valence-electron chi connectivity index (χ1n) is 15.5. The van der Waals surface area contributed by atoms with Crippen LogP contribution in [0.3, 0.4) is 0 Å². The first kappa shape index (κ1) is 25.0. The van der Waals surface area contributed by atoms with Gasteiger partial charge >= 0.3 is 0 Å². The molecule has 0 aromatic carbocycles. The molecule has 6 fully saturated rings. The van der Waals surface area contributed by atoms with Crippen LogP contribution in [-0.4, -0.2) is 0 Å². The highest BCUT2D eigenvalue weighted by molar-refractivity contribution is 5.64. The van der Waals surface area contributed by atoms with Crippen LogP contribution in [0.5, 0.6) is 0 Å². The molecule has 4 unspecified atom stereocenters. The maximum absolute atomic E-state index is 2.82. The summed E-state index contributed by atoms with van der Waals surface area (Å²) in [6.45, 7) is 56.0. The van der Waals surface area contributed by atoms with E-state index in [1.165, 1.54) is 0 Å². The number of hydrogen-bond donors (Lipinski definition) is 0. The van der Waals surface area contributed by atoms with Gasteiger partial charge in [-0.3, -0.25) is 0 Å². The highest BCUT2D eigenvalue weighted by Gasteiger charge is 3.18. The zero-order chi connectivity index (χ0) is 28.0. The molecule has 6 rings (SSSR count). The summed E-state index contributed by atoms with van der Waals surface area (Å²) in [7, 11) is 0. The second-order valence-corrected chi connectivity index (χ2v) is 20.0. The van der Waals surface area contributed by atoms with E-state index in [1.54, 1.807) is 0 Å². The Bertz CT molecular complexity index is 1020. The first-order chi connectivity index (χ1) is 15.5. The van der Waals surface area contributed by atoms with Crippen molar-refractivity contribution in [3.05, 3.63) is 0 Å². The number of fused-ring (bicyclic) bond motifs is 14. The van der Waals surface area contributed by atoms with Crippen LogP contribution in [0.25, 0.3) is 0 Å². The molecule has 6 aliphatic carbocycles. The van der Waals surface area contributed by atoms with E-state index in [-0.39, 0.29) is 65.0 Å². The maximum Gasteiger partial charge on any atom is -0.0131 e. The third-order valence-corrected chi connectivity index (χ3v) is 24.0. The smallest absolute Gasteiger partial charge is 0.0131 e. The lowest BCUT2D eigenvalue weighted by atomic mass is 8.83. The van der Waals surface area contributed by atoms with Crippen LogP contribution in [0.15, 0.2) is 0 Å². The second kappa shape index (κ2) is 4.39. The molecule has 6 aliphatic rings. The summed E-state index contributed by atoms with van der Waals surface area (Å²) in [5.41, 5.74) is 3.97. The fourth-order valence-corrected chi connectivity index (χ4v) is 21.8. The fraction of sp³-hybridized carbons (Fsp3) is 1.00. The Hall–Kier alpha value is 0. The Morgan fingerprint density at radius 3 is 0.333 bits per heavy atom. The molecule has 0 amide bonds. The van der Waals surface area contributed by atoms with Crippen LogP contribution in [0.4, 0.5) is 0 Å². The molecule has 0 aromatic heterocycles. The van der Waals surface area contributed by atoms with E-state index in [4.69, 9.17) is 0 Å². The van der Waals surface area contributed by atoms with Crippen molar-refractivity contribution in [2.24, 2.45) is 86.6 Å². The van der Waals surface area contributed by atoms with Crippen LogP contribution in [-0.2, 0) is 0 Å². The lowest BCUT2D eigenvalue weighted by Crippen LogP contribution is -3.17. The average Bonchev–Trinajstić information content (AvgIpc) is 2.78. The third kappa shape index (κ3) is 0.944. The minimum Gasteiger partial charge on any atom is -0.0588 e. The Balaban J connectivity index is 1.86. The van der Waals surface area contributed by atoms with Gasteiger partial charge in [0.05, 0.1) is 0 Å². The van der Waals surface area contributed by atoms with Crippen molar-refractivity contribution in [1.29, 1.82) is 0 Å². The quantitative estimate of drug-likeness (QED) is 0.295. The lowest BCUT2D eigenvalue weighted by Gasteiger charge is -3.20. The van der Waals surface area contributed by atoms with Gasteiger partial charge in [-0.25, -0.2) is 0 Å². The van der Waals surface area contributed by atoms with Gasteiger partial charge in [-0.2, -0.15) is 0 Å². The van der Waals surface area contributed by atoms with Crippen LogP contribution >= 0.6 is 0 Å². The van der Waals surface area contributed by atoms with Crippen LogP contribution in [0.2, 0.25) is 0 Å². The van der Waals surface area contributed by atoms with Crippen molar-refractivity contribution in [2.75, 3.05) is 0 Å². The Morgan fingerprint density at radius 1 is 0.139 bits per heavy atom. The normalized spacial score (nSPS) is 76.3. The third-order valence-electron chi connectivity index (χ3n) is 24.0. The SMILES string of the molecule is CC1(C)C2(C)C3(C)C(C)(C)C4(C)C1(C)C1(C)C4(C)C4(C)C5(C)C(C)(C)C3(C)C2(C)C(C)(C)C5(C)C14C. The van der Waals surface area contributed by atoms with Gasteiger partial charge in [0.1, 0.15) is 0 Å². The van der Waals surface area contributed by atoms with E-state index in [9.17, 15) is 0 Å². The first-order valence-corrected chi connectivity index (χ1v) is 15.5. The van der Waals surface area contributed by atoms with E-state index in [0.29, 0.717) is 21.7 Å².